The number of nitrogens with one attached hydrogen (secondary N) is 2. The minimum absolute atomic E-state index is 0.244. The molecule has 8 nitrogen and oxygen atoms in total. The van der Waals surface area contributed by atoms with Gasteiger partial charge < -0.3 is 14.8 Å². The van der Waals surface area contributed by atoms with Gasteiger partial charge in [-0.05, 0) is 90.5 Å². The highest BCUT2D eigenvalue weighted by atomic mass is 79.9. The molecule has 39 heavy (non-hydrogen) atoms. The van der Waals surface area contributed by atoms with Crippen LogP contribution in [0.15, 0.2) is 105 Å². The standard InChI is InChI=1S/C29H21Br2N3O5/c1-38-26-15-18(5-14-25(26)39-29(37)20-8-12-23(31)13-9-20)17-32-34-28(36)21-3-2-4-24(16-21)33-27(35)19-6-10-22(30)11-7-19/h2-17H,1H3,(H,33,35)(H,34,36). The number of hydrogen-bond acceptors (Lipinski definition) is 6. The van der Waals surface area contributed by atoms with Crippen LogP contribution in [-0.4, -0.2) is 31.1 Å². The summed E-state index contributed by atoms with van der Waals surface area (Å²) in [6.45, 7) is 0. The molecule has 4 rings (SSSR count). The molecule has 0 radical (unpaired) electrons. The van der Waals surface area contributed by atoms with Crippen molar-refractivity contribution in [2.75, 3.05) is 12.4 Å². The molecule has 0 atom stereocenters. The molecule has 0 spiro atoms. The molecule has 10 heteroatoms. The average Bonchev–Trinajstić information content (AvgIpc) is 2.94. The predicted octanol–water partition coefficient (Wildman–Crippen LogP) is 6.46. The van der Waals surface area contributed by atoms with Crippen LogP contribution in [-0.2, 0) is 0 Å². The van der Waals surface area contributed by atoms with E-state index in [4.69, 9.17) is 9.47 Å². The summed E-state index contributed by atoms with van der Waals surface area (Å²) in [6.07, 6.45) is 1.43. The molecule has 0 fully saturated rings. The normalized spacial score (nSPS) is 10.6. The molecule has 4 aromatic carbocycles. The van der Waals surface area contributed by atoms with E-state index in [0.717, 1.165) is 8.95 Å². The number of benzene rings is 4. The van der Waals surface area contributed by atoms with Gasteiger partial charge in [0.1, 0.15) is 0 Å². The zero-order chi connectivity index (χ0) is 27.8. The Bertz CT molecular complexity index is 1540. The monoisotopic (exact) mass is 649 g/mol. The third-order valence-electron chi connectivity index (χ3n) is 5.34. The van der Waals surface area contributed by atoms with Crippen molar-refractivity contribution in [3.63, 3.8) is 0 Å². The number of anilines is 1. The van der Waals surface area contributed by atoms with E-state index in [2.05, 4.69) is 47.7 Å². The van der Waals surface area contributed by atoms with Crippen LogP contribution in [0, 0.1) is 0 Å². The average molecular weight is 651 g/mol. The molecule has 0 unspecified atom stereocenters. The van der Waals surface area contributed by atoms with Gasteiger partial charge in [0.05, 0.1) is 18.9 Å². The number of esters is 1. The summed E-state index contributed by atoms with van der Waals surface area (Å²) in [5.41, 5.74) is 4.73. The van der Waals surface area contributed by atoms with Crippen LogP contribution in [0.25, 0.3) is 0 Å². The van der Waals surface area contributed by atoms with E-state index in [1.165, 1.54) is 13.3 Å². The number of amides is 2. The highest BCUT2D eigenvalue weighted by Gasteiger charge is 2.13. The number of nitrogens with zero attached hydrogens (tertiary/aromatic N) is 1. The van der Waals surface area contributed by atoms with Gasteiger partial charge in [-0.25, -0.2) is 10.2 Å². The van der Waals surface area contributed by atoms with Crippen molar-refractivity contribution < 1.29 is 23.9 Å². The summed E-state index contributed by atoms with van der Waals surface area (Å²) in [6, 6.07) is 25.1. The Morgan fingerprint density at radius 3 is 2.08 bits per heavy atom. The van der Waals surface area contributed by atoms with E-state index < -0.39 is 11.9 Å². The zero-order valence-corrected chi connectivity index (χ0v) is 23.7. The van der Waals surface area contributed by atoms with Crippen molar-refractivity contribution in [3.05, 3.63) is 122 Å². The fourth-order valence-electron chi connectivity index (χ4n) is 3.37. The molecule has 0 bridgehead atoms. The number of carbonyl (C=O) groups excluding carboxylic acids is 3. The van der Waals surface area contributed by atoms with Crippen LogP contribution < -0.4 is 20.2 Å². The number of halogens is 2. The molecule has 0 aliphatic heterocycles. The Balaban J connectivity index is 1.37. The number of ether oxygens (including phenoxy) is 2. The van der Waals surface area contributed by atoms with Crippen LogP contribution in [0.1, 0.15) is 36.6 Å². The van der Waals surface area contributed by atoms with Gasteiger partial charge in [0.25, 0.3) is 11.8 Å². The number of rotatable bonds is 8. The van der Waals surface area contributed by atoms with Gasteiger partial charge in [-0.2, -0.15) is 5.10 Å². The number of hydrogen-bond donors (Lipinski definition) is 2. The van der Waals surface area contributed by atoms with Crippen molar-refractivity contribution in [2.45, 2.75) is 0 Å². The highest BCUT2D eigenvalue weighted by molar-refractivity contribution is 9.10. The first-order valence-corrected chi connectivity index (χ1v) is 13.1. The molecule has 0 saturated heterocycles. The van der Waals surface area contributed by atoms with Gasteiger partial charge in [0.2, 0.25) is 0 Å². The van der Waals surface area contributed by atoms with Gasteiger partial charge in [-0.1, -0.05) is 37.9 Å². The molecule has 2 N–H and O–H groups in total. The molecule has 0 aromatic heterocycles. The Labute approximate surface area is 241 Å². The Morgan fingerprint density at radius 1 is 0.744 bits per heavy atom. The Kier molecular flexibility index (Phi) is 9.24. The zero-order valence-electron chi connectivity index (χ0n) is 20.5. The second kappa shape index (κ2) is 13.0. The van der Waals surface area contributed by atoms with Crippen molar-refractivity contribution in [1.82, 2.24) is 5.43 Å². The van der Waals surface area contributed by atoms with E-state index in [1.807, 2.05) is 0 Å². The van der Waals surface area contributed by atoms with Crippen LogP contribution in [0.4, 0.5) is 5.69 Å². The summed E-state index contributed by atoms with van der Waals surface area (Å²) < 4.78 is 12.5. The third kappa shape index (κ3) is 7.62. The van der Waals surface area contributed by atoms with Crippen LogP contribution in [0.2, 0.25) is 0 Å². The van der Waals surface area contributed by atoms with E-state index >= 15 is 0 Å². The lowest BCUT2D eigenvalue weighted by Crippen LogP contribution is -2.18. The molecule has 0 heterocycles. The van der Waals surface area contributed by atoms with Crippen LogP contribution >= 0.6 is 31.9 Å². The smallest absolute Gasteiger partial charge is 0.343 e. The summed E-state index contributed by atoms with van der Waals surface area (Å²) >= 11 is 6.67. The number of hydrazone groups is 1. The molecule has 2 amide bonds. The minimum atomic E-state index is -0.523. The van der Waals surface area contributed by atoms with Crippen molar-refractivity contribution in [3.8, 4) is 11.5 Å². The van der Waals surface area contributed by atoms with Crippen molar-refractivity contribution in [2.24, 2.45) is 5.10 Å². The first-order valence-electron chi connectivity index (χ1n) is 11.5. The summed E-state index contributed by atoms with van der Waals surface area (Å²) in [4.78, 5) is 37.5. The van der Waals surface area contributed by atoms with Gasteiger partial charge in [0, 0.05) is 25.8 Å². The van der Waals surface area contributed by atoms with E-state index in [1.54, 1.807) is 91.0 Å². The topological polar surface area (TPSA) is 106 Å². The van der Waals surface area contributed by atoms with Crippen molar-refractivity contribution in [1.29, 1.82) is 0 Å². The van der Waals surface area contributed by atoms with Gasteiger partial charge in [-0.3, -0.25) is 9.59 Å². The summed E-state index contributed by atoms with van der Waals surface area (Å²) in [5.74, 6) is -0.709. The molecule has 0 saturated carbocycles. The SMILES string of the molecule is COc1cc(C=NNC(=O)c2cccc(NC(=O)c3ccc(Br)cc3)c2)ccc1OC(=O)c1ccc(Br)cc1. The Morgan fingerprint density at radius 2 is 1.41 bits per heavy atom. The minimum Gasteiger partial charge on any atom is -0.493 e. The Hall–Kier alpha value is -4.28. The lowest BCUT2D eigenvalue weighted by molar-refractivity contribution is 0.0729. The van der Waals surface area contributed by atoms with Crippen molar-refractivity contribution >= 4 is 61.5 Å². The van der Waals surface area contributed by atoms with Gasteiger partial charge in [-0.15, -0.1) is 0 Å². The second-order valence-electron chi connectivity index (χ2n) is 8.05. The maximum atomic E-state index is 12.6. The van der Waals surface area contributed by atoms with E-state index in [9.17, 15) is 14.4 Å². The molecule has 196 valence electrons. The molecule has 0 aliphatic rings. The van der Waals surface area contributed by atoms with Gasteiger partial charge in [0.15, 0.2) is 11.5 Å². The number of carbonyl (C=O) groups is 3. The fraction of sp³-hybridized carbons (Fsp3) is 0.0345. The molecular formula is C29H21Br2N3O5. The first-order chi connectivity index (χ1) is 18.8. The summed E-state index contributed by atoms with van der Waals surface area (Å²) in [5, 5.41) is 6.78. The van der Waals surface area contributed by atoms with E-state index in [-0.39, 0.29) is 11.7 Å². The number of methoxy groups -OCH3 is 1. The van der Waals surface area contributed by atoms with Gasteiger partial charge >= 0.3 is 5.97 Å². The maximum absolute atomic E-state index is 12.6. The maximum Gasteiger partial charge on any atom is 0.343 e. The molecule has 0 aliphatic carbocycles. The molecular weight excluding hydrogens is 630 g/mol. The first kappa shape index (κ1) is 27.7. The highest BCUT2D eigenvalue weighted by Crippen LogP contribution is 2.28. The predicted molar refractivity (Wildman–Crippen MR) is 156 cm³/mol. The lowest BCUT2D eigenvalue weighted by Gasteiger charge is -2.10. The largest absolute Gasteiger partial charge is 0.493 e. The van der Waals surface area contributed by atoms with Crippen LogP contribution in [0.5, 0.6) is 11.5 Å². The van der Waals surface area contributed by atoms with E-state index in [0.29, 0.717) is 33.7 Å². The summed E-state index contributed by atoms with van der Waals surface area (Å²) in [7, 11) is 1.46. The second-order valence-corrected chi connectivity index (χ2v) is 9.88. The van der Waals surface area contributed by atoms with Crippen LogP contribution in [0.3, 0.4) is 0 Å². The molecule has 4 aromatic rings. The lowest BCUT2D eigenvalue weighted by atomic mass is 10.1. The third-order valence-corrected chi connectivity index (χ3v) is 6.40. The fourth-order valence-corrected chi connectivity index (χ4v) is 3.89. The quantitative estimate of drug-likeness (QED) is 0.0986.